The van der Waals surface area contributed by atoms with Crippen molar-refractivity contribution < 1.29 is 9.18 Å². The van der Waals surface area contributed by atoms with Gasteiger partial charge in [0.15, 0.2) is 0 Å². The number of piperidine rings is 1. The molecule has 35 heavy (non-hydrogen) atoms. The molecule has 4 aromatic rings. The predicted octanol–water partition coefficient (Wildman–Crippen LogP) is 4.76. The highest BCUT2D eigenvalue weighted by molar-refractivity contribution is 5.98. The summed E-state index contributed by atoms with van der Waals surface area (Å²) in [5.41, 5.74) is 4.47. The minimum Gasteiger partial charge on any atom is -0.339 e. The fourth-order valence-electron chi connectivity index (χ4n) is 4.98. The van der Waals surface area contributed by atoms with Crippen LogP contribution in [0.1, 0.15) is 23.3 Å². The van der Waals surface area contributed by atoms with Crippen LogP contribution in [0.5, 0.6) is 0 Å². The molecule has 0 atom stereocenters. The monoisotopic (exact) mass is 470 g/mol. The van der Waals surface area contributed by atoms with Crippen molar-refractivity contribution in [2.45, 2.75) is 18.9 Å². The molecular weight excluding hydrogens is 443 g/mol. The third-order valence-electron chi connectivity index (χ3n) is 6.90. The number of amides is 1. The van der Waals surface area contributed by atoms with Crippen LogP contribution in [0.25, 0.3) is 38.1 Å². The number of benzene rings is 2. The van der Waals surface area contributed by atoms with Crippen molar-refractivity contribution in [1.29, 1.82) is 0 Å². The molecule has 0 unspecified atom stereocenters. The molecular formula is C27H27FN6O. The number of carbonyl (C=O) groups excluding carboxylic acids is 1. The van der Waals surface area contributed by atoms with E-state index >= 15 is 0 Å². The molecule has 2 aromatic carbocycles. The Morgan fingerprint density at radius 1 is 1.14 bits per heavy atom. The van der Waals surface area contributed by atoms with Gasteiger partial charge in [-0.3, -0.25) is 9.48 Å². The van der Waals surface area contributed by atoms with E-state index in [1.165, 1.54) is 12.1 Å². The van der Waals surface area contributed by atoms with Gasteiger partial charge in [-0.2, -0.15) is 5.10 Å². The Bertz CT molecular complexity index is 1470. The Balaban J connectivity index is 1.66. The van der Waals surface area contributed by atoms with Gasteiger partial charge < -0.3 is 14.8 Å². The Morgan fingerprint density at radius 2 is 1.89 bits per heavy atom. The topological polar surface area (TPSA) is 59.5 Å². The number of aryl methyl sites for hydroxylation is 1. The van der Waals surface area contributed by atoms with Gasteiger partial charge in [-0.05, 0) is 61.3 Å². The van der Waals surface area contributed by atoms with Crippen molar-refractivity contribution >= 4 is 22.5 Å². The summed E-state index contributed by atoms with van der Waals surface area (Å²) < 4.78 is 18.3. The predicted molar refractivity (Wildman–Crippen MR) is 135 cm³/mol. The van der Waals surface area contributed by atoms with Crippen LogP contribution in [0.4, 0.5) is 10.1 Å². The van der Waals surface area contributed by atoms with E-state index in [-0.39, 0.29) is 17.6 Å². The first-order valence-electron chi connectivity index (χ1n) is 11.7. The van der Waals surface area contributed by atoms with E-state index in [1.54, 1.807) is 10.7 Å². The maximum absolute atomic E-state index is 14.6. The van der Waals surface area contributed by atoms with Gasteiger partial charge in [0.05, 0.1) is 17.8 Å². The van der Waals surface area contributed by atoms with E-state index in [4.69, 9.17) is 6.57 Å². The SMILES string of the molecule is [C-]#[N+]c1ccc(-c2cc(C(=O)N(C)C3CCNCC3)n(C)c2-c2ccc3nn(C)cc3c2)cc1F. The summed E-state index contributed by atoms with van der Waals surface area (Å²) in [7, 11) is 5.61. The maximum Gasteiger partial charge on any atom is 0.270 e. The van der Waals surface area contributed by atoms with E-state index in [2.05, 4.69) is 15.3 Å². The summed E-state index contributed by atoms with van der Waals surface area (Å²) >= 11 is 0. The van der Waals surface area contributed by atoms with E-state index in [1.807, 2.05) is 61.1 Å². The first-order chi connectivity index (χ1) is 16.9. The van der Waals surface area contributed by atoms with Crippen LogP contribution in [-0.2, 0) is 14.1 Å². The number of rotatable bonds is 4. The Morgan fingerprint density at radius 3 is 2.60 bits per heavy atom. The lowest BCUT2D eigenvalue weighted by molar-refractivity contribution is 0.0693. The van der Waals surface area contributed by atoms with Crippen LogP contribution < -0.4 is 5.32 Å². The number of nitrogens with one attached hydrogen (secondary N) is 1. The number of aromatic nitrogens is 3. The fraction of sp³-hybridized carbons (Fsp3) is 0.296. The minimum absolute atomic E-state index is 0.0232. The van der Waals surface area contributed by atoms with Crippen LogP contribution in [0.15, 0.2) is 48.7 Å². The normalized spacial score (nSPS) is 14.3. The van der Waals surface area contributed by atoms with Crippen LogP contribution in [0.3, 0.4) is 0 Å². The molecule has 8 heteroatoms. The molecule has 1 aliphatic heterocycles. The summed E-state index contributed by atoms with van der Waals surface area (Å²) in [4.78, 5) is 18.7. The van der Waals surface area contributed by atoms with Gasteiger partial charge in [0.2, 0.25) is 5.69 Å². The summed E-state index contributed by atoms with van der Waals surface area (Å²) in [5, 5.41) is 8.77. The molecule has 1 saturated heterocycles. The molecule has 0 spiro atoms. The number of halogens is 1. The van der Waals surface area contributed by atoms with E-state index in [0.717, 1.165) is 53.7 Å². The van der Waals surface area contributed by atoms with Crippen molar-refractivity contribution in [3.63, 3.8) is 0 Å². The molecule has 0 bridgehead atoms. The first-order valence-corrected chi connectivity index (χ1v) is 11.7. The fourth-order valence-corrected chi connectivity index (χ4v) is 4.98. The van der Waals surface area contributed by atoms with E-state index in [0.29, 0.717) is 11.3 Å². The molecule has 7 nitrogen and oxygen atoms in total. The maximum atomic E-state index is 14.6. The molecule has 0 radical (unpaired) electrons. The Kier molecular flexibility index (Phi) is 5.87. The van der Waals surface area contributed by atoms with Crippen LogP contribution in [-0.4, -0.2) is 51.3 Å². The van der Waals surface area contributed by atoms with Crippen LogP contribution >= 0.6 is 0 Å². The molecule has 1 N–H and O–H groups in total. The molecule has 3 heterocycles. The zero-order valence-corrected chi connectivity index (χ0v) is 20.0. The van der Waals surface area contributed by atoms with Crippen molar-refractivity contribution in [3.05, 3.63) is 71.6 Å². The lowest BCUT2D eigenvalue weighted by Crippen LogP contribution is -2.44. The largest absolute Gasteiger partial charge is 0.339 e. The Hall–Kier alpha value is -3.96. The number of carbonyl (C=O) groups is 1. The second kappa shape index (κ2) is 9.01. The highest BCUT2D eigenvalue weighted by atomic mass is 19.1. The lowest BCUT2D eigenvalue weighted by atomic mass is 10.00. The number of hydrogen-bond donors (Lipinski definition) is 1. The zero-order chi connectivity index (χ0) is 24.7. The van der Waals surface area contributed by atoms with Gasteiger partial charge >= 0.3 is 0 Å². The van der Waals surface area contributed by atoms with Crippen molar-refractivity contribution in [2.24, 2.45) is 14.1 Å². The average molecular weight is 471 g/mol. The molecule has 178 valence electrons. The molecule has 2 aromatic heterocycles. The highest BCUT2D eigenvalue weighted by Crippen LogP contribution is 2.38. The molecule has 1 aliphatic rings. The number of hydrogen-bond acceptors (Lipinski definition) is 3. The zero-order valence-electron chi connectivity index (χ0n) is 20.0. The summed E-state index contributed by atoms with van der Waals surface area (Å²) in [6, 6.07) is 12.6. The second-order valence-corrected chi connectivity index (χ2v) is 9.10. The van der Waals surface area contributed by atoms with E-state index in [9.17, 15) is 9.18 Å². The molecule has 0 aliphatic carbocycles. The van der Waals surface area contributed by atoms with Gasteiger partial charge in [0.25, 0.3) is 5.91 Å². The van der Waals surface area contributed by atoms with E-state index < -0.39 is 5.82 Å². The highest BCUT2D eigenvalue weighted by Gasteiger charge is 2.27. The van der Waals surface area contributed by atoms with Crippen molar-refractivity contribution in [1.82, 2.24) is 24.6 Å². The lowest BCUT2D eigenvalue weighted by Gasteiger charge is -2.31. The van der Waals surface area contributed by atoms with Gasteiger partial charge in [-0.25, -0.2) is 9.24 Å². The first kappa shape index (κ1) is 22.8. The number of nitrogens with zero attached hydrogens (tertiary/aromatic N) is 5. The van der Waals surface area contributed by atoms with Crippen LogP contribution in [0, 0.1) is 12.4 Å². The molecule has 1 amide bonds. The quantitative estimate of drug-likeness (QED) is 0.438. The molecule has 5 rings (SSSR count). The van der Waals surface area contributed by atoms with Crippen molar-refractivity contribution in [3.8, 4) is 22.4 Å². The van der Waals surface area contributed by atoms with Gasteiger partial charge in [-0.15, -0.1) is 0 Å². The van der Waals surface area contributed by atoms with Gasteiger partial charge in [0.1, 0.15) is 11.5 Å². The van der Waals surface area contributed by atoms with Gasteiger partial charge in [-0.1, -0.05) is 18.2 Å². The summed E-state index contributed by atoms with van der Waals surface area (Å²) in [6.45, 7) is 8.96. The number of fused-ring (bicyclic) bond motifs is 1. The van der Waals surface area contributed by atoms with Crippen LogP contribution in [0.2, 0.25) is 0 Å². The Labute approximate surface area is 203 Å². The second-order valence-electron chi connectivity index (χ2n) is 9.10. The van der Waals surface area contributed by atoms with Gasteiger partial charge in [0, 0.05) is 44.3 Å². The third-order valence-corrected chi connectivity index (χ3v) is 6.90. The molecule has 1 fully saturated rings. The minimum atomic E-state index is -0.574. The standard InChI is InChI=1S/C27H27FN6O/c1-29-24-8-5-17(14-22(24)28)21-15-25(27(35)33(3)20-9-11-30-12-10-20)34(4)26(21)18-6-7-23-19(13-18)16-32(2)31-23/h5-8,13-16,20,30H,9-12H2,2-4H3. The smallest absolute Gasteiger partial charge is 0.270 e. The average Bonchev–Trinajstić information content (AvgIpc) is 3.41. The molecule has 0 saturated carbocycles. The summed E-state index contributed by atoms with van der Waals surface area (Å²) in [6.07, 6.45) is 3.77. The summed E-state index contributed by atoms with van der Waals surface area (Å²) in [5.74, 6) is -0.637. The van der Waals surface area contributed by atoms with Crippen molar-refractivity contribution in [2.75, 3.05) is 20.1 Å². The third kappa shape index (κ3) is 4.08.